The van der Waals surface area contributed by atoms with Crippen LogP contribution in [-0.4, -0.2) is 21.6 Å². The monoisotopic (exact) mass is 380 g/mol. The van der Waals surface area contributed by atoms with Crippen LogP contribution in [-0.2, 0) is 6.18 Å². The lowest BCUT2D eigenvalue weighted by Crippen LogP contribution is -2.07. The number of fused-ring (bicyclic) bond motifs is 1. The Morgan fingerprint density at radius 3 is 2.72 bits per heavy atom. The molecule has 0 aliphatic carbocycles. The van der Waals surface area contributed by atoms with Crippen LogP contribution >= 0.6 is 22.7 Å². The third-order valence-electron chi connectivity index (χ3n) is 3.68. The van der Waals surface area contributed by atoms with E-state index in [0.29, 0.717) is 16.2 Å². The maximum absolute atomic E-state index is 12.9. The highest BCUT2D eigenvalue weighted by Gasteiger charge is 2.30. The average Bonchev–Trinajstić information content (AvgIpc) is 3.30. The van der Waals surface area contributed by atoms with Crippen molar-refractivity contribution in [3.05, 3.63) is 53.5 Å². The molecule has 9 heteroatoms. The van der Waals surface area contributed by atoms with Gasteiger partial charge in [0.15, 0.2) is 0 Å². The minimum Gasteiger partial charge on any atom is -0.311 e. The van der Waals surface area contributed by atoms with Crippen molar-refractivity contribution < 1.29 is 13.2 Å². The van der Waals surface area contributed by atoms with Gasteiger partial charge in [-0.3, -0.25) is 0 Å². The predicted octanol–water partition coefficient (Wildman–Crippen LogP) is 5.31. The van der Waals surface area contributed by atoms with Crippen LogP contribution in [0.15, 0.2) is 48.0 Å². The maximum Gasteiger partial charge on any atom is 0.416 e. The second-order valence-electron chi connectivity index (χ2n) is 5.31. The van der Waals surface area contributed by atoms with E-state index in [2.05, 4.69) is 10.1 Å². The first-order valence-corrected chi connectivity index (χ1v) is 8.92. The summed E-state index contributed by atoms with van der Waals surface area (Å²) in [7, 11) is 1.90. The molecule has 0 saturated heterocycles. The van der Waals surface area contributed by atoms with Crippen LogP contribution in [0.2, 0.25) is 0 Å². The number of hydrogen-bond donors (Lipinski definition) is 0. The molecule has 0 saturated carbocycles. The molecule has 0 aliphatic rings. The summed E-state index contributed by atoms with van der Waals surface area (Å²) in [6, 6.07) is 9.11. The van der Waals surface area contributed by atoms with Gasteiger partial charge >= 0.3 is 6.18 Å². The Balaban J connectivity index is 1.77. The zero-order valence-corrected chi connectivity index (χ0v) is 14.5. The van der Waals surface area contributed by atoms with Crippen molar-refractivity contribution in [3.8, 4) is 11.3 Å². The number of thiophene rings is 1. The van der Waals surface area contributed by atoms with E-state index in [-0.39, 0.29) is 0 Å². The van der Waals surface area contributed by atoms with E-state index in [9.17, 15) is 13.2 Å². The number of anilines is 2. The Kier molecular flexibility index (Phi) is 3.77. The normalized spacial score (nSPS) is 12.0. The number of nitrogens with zero attached hydrogens (tertiary/aromatic N) is 4. The van der Waals surface area contributed by atoms with Crippen molar-refractivity contribution in [1.82, 2.24) is 14.6 Å². The summed E-state index contributed by atoms with van der Waals surface area (Å²) in [6.07, 6.45) is -2.84. The summed E-state index contributed by atoms with van der Waals surface area (Å²) in [4.78, 5) is 6.85. The fourth-order valence-electron chi connectivity index (χ4n) is 2.42. The third-order valence-corrected chi connectivity index (χ3v) is 5.63. The van der Waals surface area contributed by atoms with Crippen LogP contribution < -0.4 is 4.90 Å². The van der Waals surface area contributed by atoms with Gasteiger partial charge in [-0.05, 0) is 29.6 Å². The number of benzene rings is 1. The number of aromatic nitrogens is 3. The molecule has 0 unspecified atom stereocenters. The molecule has 0 atom stereocenters. The molecule has 3 aromatic heterocycles. The smallest absolute Gasteiger partial charge is 0.311 e. The van der Waals surface area contributed by atoms with Gasteiger partial charge in [0.1, 0.15) is 0 Å². The summed E-state index contributed by atoms with van der Waals surface area (Å²) >= 11 is 2.96. The van der Waals surface area contributed by atoms with Gasteiger partial charge < -0.3 is 4.90 Å². The SMILES string of the molecule is CN(c1cccs1)c1nn2c(-c3cccc(C(F)(F)F)c3)cnc2s1. The molecule has 1 aromatic carbocycles. The van der Waals surface area contributed by atoms with Crippen LogP contribution in [0.3, 0.4) is 0 Å². The molecule has 0 N–H and O–H groups in total. The molecule has 0 bridgehead atoms. The third kappa shape index (κ3) is 2.89. The fourth-order valence-corrected chi connectivity index (χ4v) is 4.03. The zero-order valence-electron chi connectivity index (χ0n) is 12.9. The van der Waals surface area contributed by atoms with Gasteiger partial charge in [0.05, 0.1) is 22.5 Å². The summed E-state index contributed by atoms with van der Waals surface area (Å²) < 4.78 is 40.4. The highest BCUT2D eigenvalue weighted by atomic mass is 32.1. The van der Waals surface area contributed by atoms with Gasteiger partial charge in [-0.25, -0.2) is 9.50 Å². The topological polar surface area (TPSA) is 33.4 Å². The molecule has 0 amide bonds. The summed E-state index contributed by atoms with van der Waals surface area (Å²) in [6.45, 7) is 0. The van der Waals surface area contributed by atoms with Crippen molar-refractivity contribution in [2.45, 2.75) is 6.18 Å². The Morgan fingerprint density at radius 2 is 2.00 bits per heavy atom. The van der Waals surface area contributed by atoms with E-state index < -0.39 is 11.7 Å². The molecule has 128 valence electrons. The lowest BCUT2D eigenvalue weighted by molar-refractivity contribution is -0.137. The second-order valence-corrected chi connectivity index (χ2v) is 7.17. The number of halogens is 3. The number of rotatable bonds is 3. The van der Waals surface area contributed by atoms with E-state index in [1.165, 1.54) is 17.4 Å². The first kappa shape index (κ1) is 16.1. The van der Waals surface area contributed by atoms with Crippen LogP contribution in [0.25, 0.3) is 16.2 Å². The van der Waals surface area contributed by atoms with Crippen molar-refractivity contribution in [3.63, 3.8) is 0 Å². The molecule has 4 rings (SSSR count). The zero-order chi connectivity index (χ0) is 17.6. The molecule has 0 fully saturated rings. The van der Waals surface area contributed by atoms with E-state index in [4.69, 9.17) is 0 Å². The molecule has 4 nitrogen and oxygen atoms in total. The molecule has 0 radical (unpaired) electrons. The first-order valence-electron chi connectivity index (χ1n) is 7.23. The standard InChI is InChI=1S/C16H11F3N4S2/c1-22(13-6-3-7-24-13)15-21-23-12(9-20-14(23)25-15)10-4-2-5-11(8-10)16(17,18)19/h2-9H,1H3. The van der Waals surface area contributed by atoms with E-state index >= 15 is 0 Å². The Labute approximate surface area is 148 Å². The van der Waals surface area contributed by atoms with Gasteiger partial charge in [0.25, 0.3) is 0 Å². The fraction of sp³-hybridized carbons (Fsp3) is 0.125. The van der Waals surface area contributed by atoms with Crippen LogP contribution in [0.1, 0.15) is 5.56 Å². The van der Waals surface area contributed by atoms with Gasteiger partial charge in [0, 0.05) is 12.6 Å². The highest BCUT2D eigenvalue weighted by molar-refractivity contribution is 7.21. The maximum atomic E-state index is 12.9. The van der Waals surface area contributed by atoms with Gasteiger partial charge in [0.2, 0.25) is 10.1 Å². The van der Waals surface area contributed by atoms with Crippen molar-refractivity contribution in [2.75, 3.05) is 11.9 Å². The van der Waals surface area contributed by atoms with E-state index in [1.54, 1.807) is 28.1 Å². The van der Waals surface area contributed by atoms with Crippen LogP contribution in [0, 0.1) is 0 Å². The second kappa shape index (κ2) is 5.85. The van der Waals surface area contributed by atoms with Crippen molar-refractivity contribution >= 4 is 37.8 Å². The quantitative estimate of drug-likeness (QED) is 0.483. The van der Waals surface area contributed by atoms with Crippen LogP contribution in [0.5, 0.6) is 0 Å². The molecule has 0 spiro atoms. The summed E-state index contributed by atoms with van der Waals surface area (Å²) in [5.74, 6) is 0. The van der Waals surface area contributed by atoms with Crippen LogP contribution in [0.4, 0.5) is 23.3 Å². The Hall–Kier alpha value is -2.39. The first-order chi connectivity index (χ1) is 11.9. The average molecular weight is 380 g/mol. The van der Waals surface area contributed by atoms with Crippen molar-refractivity contribution in [2.24, 2.45) is 0 Å². The largest absolute Gasteiger partial charge is 0.416 e. The minimum absolute atomic E-state index is 0.429. The molecule has 0 aliphatic heterocycles. The van der Waals surface area contributed by atoms with Gasteiger partial charge in [-0.1, -0.05) is 23.5 Å². The van der Waals surface area contributed by atoms with Gasteiger partial charge in [-0.2, -0.15) is 13.2 Å². The van der Waals surface area contributed by atoms with E-state index in [0.717, 1.165) is 22.3 Å². The van der Waals surface area contributed by atoms with Crippen molar-refractivity contribution in [1.29, 1.82) is 0 Å². The number of imidazole rings is 1. The highest BCUT2D eigenvalue weighted by Crippen LogP contribution is 2.35. The lowest BCUT2D eigenvalue weighted by Gasteiger charge is -2.11. The molecular weight excluding hydrogens is 369 g/mol. The lowest BCUT2D eigenvalue weighted by atomic mass is 10.1. The number of alkyl halides is 3. The molecule has 3 heterocycles. The Bertz CT molecular complexity index is 1020. The summed E-state index contributed by atoms with van der Waals surface area (Å²) in [5.41, 5.74) is 0.271. The molecule has 4 aromatic rings. The number of hydrogen-bond acceptors (Lipinski definition) is 5. The van der Waals surface area contributed by atoms with E-state index in [1.807, 2.05) is 29.5 Å². The summed E-state index contributed by atoms with van der Waals surface area (Å²) in [5, 5.41) is 8.24. The van der Waals surface area contributed by atoms with Gasteiger partial charge in [-0.15, -0.1) is 16.4 Å². The predicted molar refractivity (Wildman–Crippen MR) is 93.7 cm³/mol. The molecule has 25 heavy (non-hydrogen) atoms. The minimum atomic E-state index is -4.38. The Morgan fingerprint density at radius 1 is 1.16 bits per heavy atom. The molecular formula is C16H11F3N4S2.